The quantitative estimate of drug-likeness (QED) is 0.763. The molecule has 1 amide bonds. The van der Waals surface area contributed by atoms with Crippen molar-refractivity contribution in [3.63, 3.8) is 0 Å². The van der Waals surface area contributed by atoms with Crippen LogP contribution >= 0.6 is 39.1 Å². The normalized spacial score (nSPS) is 10.1. The van der Waals surface area contributed by atoms with Crippen LogP contribution in [0.3, 0.4) is 0 Å². The van der Waals surface area contributed by atoms with Crippen LogP contribution in [0.4, 0.5) is 5.69 Å². The molecule has 0 spiro atoms. The fourth-order valence-electron chi connectivity index (χ4n) is 1.59. The lowest BCUT2D eigenvalue weighted by molar-refractivity contribution is -0.119. The molecule has 0 heterocycles. The molecule has 0 aliphatic carbocycles. The molecule has 7 heteroatoms. The van der Waals surface area contributed by atoms with Crippen LogP contribution in [-0.4, -0.2) is 18.5 Å². The summed E-state index contributed by atoms with van der Waals surface area (Å²) in [5, 5.41) is 3.40. The fraction of sp³-hybridized carbons (Fsp3) is 0.0667. The summed E-state index contributed by atoms with van der Waals surface area (Å²) < 4.78 is 5.63. The third-order valence-corrected chi connectivity index (χ3v) is 3.69. The molecule has 0 radical (unpaired) electrons. The summed E-state index contributed by atoms with van der Waals surface area (Å²) >= 11 is 14.9. The minimum absolute atomic E-state index is 0.190. The van der Waals surface area contributed by atoms with E-state index in [9.17, 15) is 9.59 Å². The number of hydrogen-bond acceptors (Lipinski definition) is 3. The number of benzene rings is 2. The van der Waals surface area contributed by atoms with Crippen LogP contribution in [0.1, 0.15) is 10.4 Å². The zero-order valence-corrected chi connectivity index (χ0v) is 14.2. The van der Waals surface area contributed by atoms with E-state index in [4.69, 9.17) is 27.9 Å². The Balaban J connectivity index is 1.91. The summed E-state index contributed by atoms with van der Waals surface area (Å²) in [4.78, 5) is 23.6. The number of carbonyl (C=O) groups excluding carboxylic acids is 2. The van der Waals surface area contributed by atoms with Crippen molar-refractivity contribution in [2.45, 2.75) is 0 Å². The molecule has 0 aromatic heterocycles. The number of nitrogens with one attached hydrogen (secondary N) is 1. The van der Waals surface area contributed by atoms with Crippen molar-refractivity contribution in [1.82, 2.24) is 0 Å². The Hall–Kier alpha value is -1.56. The van der Waals surface area contributed by atoms with Crippen LogP contribution in [0.15, 0.2) is 46.9 Å². The summed E-state index contributed by atoms with van der Waals surface area (Å²) in [5.74, 6) is -1.13. The molecule has 0 fully saturated rings. The molecule has 1 N–H and O–H groups in total. The summed E-state index contributed by atoms with van der Waals surface area (Å²) in [5.41, 5.74) is 0.751. The highest BCUT2D eigenvalue weighted by Gasteiger charge is 2.14. The lowest BCUT2D eigenvalue weighted by Gasteiger charge is -2.08. The van der Waals surface area contributed by atoms with E-state index in [1.807, 2.05) is 0 Å². The largest absolute Gasteiger partial charge is 0.452 e. The molecule has 0 aliphatic rings. The molecule has 2 aromatic rings. The smallest absolute Gasteiger partial charge is 0.340 e. The van der Waals surface area contributed by atoms with Crippen molar-refractivity contribution in [2.75, 3.05) is 11.9 Å². The summed E-state index contributed by atoms with van der Waals surface area (Å²) in [6.45, 7) is -0.412. The molecule has 0 atom stereocenters. The Morgan fingerprint density at radius 3 is 2.45 bits per heavy atom. The molecule has 4 nitrogen and oxygen atoms in total. The molecular weight excluding hydrogens is 393 g/mol. The number of anilines is 1. The Labute approximate surface area is 145 Å². The Bertz CT molecular complexity index is 704. The van der Waals surface area contributed by atoms with Gasteiger partial charge in [-0.3, -0.25) is 4.79 Å². The first-order valence-electron chi connectivity index (χ1n) is 6.13. The first kappa shape index (κ1) is 16.8. The lowest BCUT2D eigenvalue weighted by atomic mass is 10.2. The molecule has 2 aromatic carbocycles. The molecule has 0 bridgehead atoms. The number of esters is 1. The van der Waals surface area contributed by atoms with E-state index < -0.39 is 18.5 Å². The van der Waals surface area contributed by atoms with Crippen molar-refractivity contribution in [2.24, 2.45) is 0 Å². The van der Waals surface area contributed by atoms with Crippen molar-refractivity contribution in [3.05, 3.63) is 62.5 Å². The van der Waals surface area contributed by atoms with E-state index in [2.05, 4.69) is 21.2 Å². The summed E-state index contributed by atoms with van der Waals surface area (Å²) in [6, 6.07) is 11.4. The molecule has 0 saturated heterocycles. The standard InChI is InChI=1S/C15H10BrCl2NO3/c16-9-1-6-13(18)12(7-9)15(21)22-8-14(20)19-11-4-2-10(17)3-5-11/h1-7H,8H2,(H,19,20). The topological polar surface area (TPSA) is 55.4 Å². The SMILES string of the molecule is O=C(COC(=O)c1cc(Br)ccc1Cl)Nc1ccc(Cl)cc1. The van der Waals surface area contributed by atoms with Crippen LogP contribution in [0, 0.1) is 0 Å². The van der Waals surface area contributed by atoms with Crippen molar-refractivity contribution >= 4 is 56.7 Å². The number of ether oxygens (including phenoxy) is 1. The molecule has 2 rings (SSSR count). The van der Waals surface area contributed by atoms with Crippen molar-refractivity contribution in [1.29, 1.82) is 0 Å². The van der Waals surface area contributed by atoms with Gasteiger partial charge in [-0.2, -0.15) is 0 Å². The van der Waals surface area contributed by atoms with Gasteiger partial charge in [0.25, 0.3) is 5.91 Å². The minimum Gasteiger partial charge on any atom is -0.452 e. The van der Waals surface area contributed by atoms with E-state index in [1.165, 1.54) is 6.07 Å². The average Bonchev–Trinajstić information content (AvgIpc) is 2.49. The zero-order chi connectivity index (χ0) is 16.1. The van der Waals surface area contributed by atoms with Gasteiger partial charge in [-0.25, -0.2) is 4.79 Å². The molecule has 0 saturated carbocycles. The highest BCUT2D eigenvalue weighted by Crippen LogP contribution is 2.21. The second-order valence-corrected chi connectivity index (χ2v) is 6.01. The molecule has 0 unspecified atom stereocenters. The van der Waals surface area contributed by atoms with E-state index >= 15 is 0 Å². The lowest BCUT2D eigenvalue weighted by Crippen LogP contribution is -2.21. The van der Waals surface area contributed by atoms with Gasteiger partial charge >= 0.3 is 5.97 Å². The summed E-state index contributed by atoms with van der Waals surface area (Å²) in [6.07, 6.45) is 0. The maximum Gasteiger partial charge on any atom is 0.340 e. The highest BCUT2D eigenvalue weighted by atomic mass is 79.9. The van der Waals surface area contributed by atoms with E-state index in [-0.39, 0.29) is 10.6 Å². The Kier molecular flexibility index (Phi) is 5.83. The monoisotopic (exact) mass is 401 g/mol. The van der Waals surface area contributed by atoms with Crippen molar-refractivity contribution < 1.29 is 14.3 Å². The van der Waals surface area contributed by atoms with Gasteiger partial charge in [0.05, 0.1) is 10.6 Å². The maximum absolute atomic E-state index is 11.9. The average molecular weight is 403 g/mol. The van der Waals surface area contributed by atoms with Crippen LogP contribution in [0.2, 0.25) is 10.0 Å². The predicted molar refractivity (Wildman–Crippen MR) is 89.5 cm³/mol. The van der Waals surface area contributed by atoms with Gasteiger partial charge in [0.2, 0.25) is 0 Å². The number of carbonyl (C=O) groups is 2. The van der Waals surface area contributed by atoms with Gasteiger partial charge in [-0.1, -0.05) is 39.1 Å². The van der Waals surface area contributed by atoms with Gasteiger partial charge in [-0.05, 0) is 42.5 Å². The van der Waals surface area contributed by atoms with E-state index in [0.717, 1.165) is 0 Å². The Morgan fingerprint density at radius 2 is 1.77 bits per heavy atom. The second kappa shape index (κ2) is 7.63. The summed E-state index contributed by atoms with van der Waals surface area (Å²) in [7, 11) is 0. The first-order chi connectivity index (χ1) is 10.5. The molecule has 22 heavy (non-hydrogen) atoms. The number of hydrogen-bond donors (Lipinski definition) is 1. The maximum atomic E-state index is 11.9. The third-order valence-electron chi connectivity index (χ3n) is 2.61. The van der Waals surface area contributed by atoms with Crippen LogP contribution in [-0.2, 0) is 9.53 Å². The molecule has 114 valence electrons. The molecular formula is C15H10BrCl2NO3. The number of halogens is 3. The number of rotatable bonds is 4. The first-order valence-corrected chi connectivity index (χ1v) is 7.68. The van der Waals surface area contributed by atoms with E-state index in [1.54, 1.807) is 36.4 Å². The predicted octanol–water partition coefficient (Wildman–Crippen LogP) is 4.55. The number of amides is 1. The molecule has 0 aliphatic heterocycles. The van der Waals surface area contributed by atoms with Crippen LogP contribution in [0.5, 0.6) is 0 Å². The van der Waals surface area contributed by atoms with Gasteiger partial charge in [0.1, 0.15) is 0 Å². The zero-order valence-electron chi connectivity index (χ0n) is 11.1. The van der Waals surface area contributed by atoms with Gasteiger partial charge < -0.3 is 10.1 Å². The van der Waals surface area contributed by atoms with Crippen LogP contribution in [0.25, 0.3) is 0 Å². The van der Waals surface area contributed by atoms with Gasteiger partial charge in [0.15, 0.2) is 6.61 Å². The van der Waals surface area contributed by atoms with Gasteiger partial charge in [0, 0.05) is 15.2 Å². The van der Waals surface area contributed by atoms with E-state index in [0.29, 0.717) is 15.2 Å². The van der Waals surface area contributed by atoms with Crippen LogP contribution < -0.4 is 5.32 Å². The second-order valence-electron chi connectivity index (χ2n) is 4.26. The van der Waals surface area contributed by atoms with Gasteiger partial charge in [-0.15, -0.1) is 0 Å². The van der Waals surface area contributed by atoms with Crippen molar-refractivity contribution in [3.8, 4) is 0 Å². The minimum atomic E-state index is -0.669. The third kappa shape index (κ3) is 4.73. The fourth-order valence-corrected chi connectivity index (χ4v) is 2.27. The highest BCUT2D eigenvalue weighted by molar-refractivity contribution is 9.10. The Morgan fingerprint density at radius 1 is 1.09 bits per heavy atom.